The predicted molar refractivity (Wildman–Crippen MR) is 52.5 cm³/mol. The second-order valence-electron chi connectivity index (χ2n) is 3.47. The maximum absolute atomic E-state index is 10.8. The van der Waals surface area contributed by atoms with E-state index in [1.165, 1.54) is 6.42 Å². The minimum absolute atomic E-state index is 0.648. The van der Waals surface area contributed by atoms with Crippen LogP contribution in [0.5, 0.6) is 0 Å². The van der Waals surface area contributed by atoms with Gasteiger partial charge in [-0.15, -0.1) is 0 Å². The van der Waals surface area contributed by atoms with Crippen LogP contribution in [-0.2, 0) is 10.8 Å². The van der Waals surface area contributed by atoms with Crippen LogP contribution in [0, 0.1) is 5.92 Å². The molecule has 0 aromatic carbocycles. The highest BCUT2D eigenvalue weighted by Gasteiger charge is 2.20. The molecule has 0 bridgehead atoms. The van der Waals surface area contributed by atoms with Gasteiger partial charge in [-0.25, -0.2) is 0 Å². The average Bonchev–Trinajstić information content (AvgIpc) is 2.48. The molecule has 1 aliphatic heterocycles. The zero-order valence-electron chi connectivity index (χ0n) is 7.66. The van der Waals surface area contributed by atoms with Gasteiger partial charge in [0.25, 0.3) is 0 Å². The van der Waals surface area contributed by atoms with Crippen molar-refractivity contribution in [2.45, 2.75) is 6.42 Å². The van der Waals surface area contributed by atoms with E-state index in [2.05, 4.69) is 4.90 Å². The van der Waals surface area contributed by atoms with E-state index in [1.54, 1.807) is 6.26 Å². The largest absolute Gasteiger partial charge is 0.330 e. The Bertz CT molecular complexity index is 163. The second kappa shape index (κ2) is 4.94. The fraction of sp³-hybridized carbons (Fsp3) is 1.00. The van der Waals surface area contributed by atoms with Crippen molar-refractivity contribution in [3.63, 3.8) is 0 Å². The van der Waals surface area contributed by atoms with Gasteiger partial charge < -0.3 is 10.6 Å². The molecule has 1 rings (SSSR count). The van der Waals surface area contributed by atoms with Gasteiger partial charge in [0.2, 0.25) is 0 Å². The lowest BCUT2D eigenvalue weighted by Gasteiger charge is -2.13. The molecular formula is C8H18N2OS. The first-order valence-corrected chi connectivity index (χ1v) is 6.17. The number of hydrogen-bond donors (Lipinski definition) is 1. The number of likely N-dealkylation sites (tertiary alicyclic amines) is 1. The molecule has 0 spiro atoms. The number of hydrogen-bond acceptors (Lipinski definition) is 3. The van der Waals surface area contributed by atoms with Crippen LogP contribution in [0.2, 0.25) is 0 Å². The van der Waals surface area contributed by atoms with Gasteiger partial charge in [0.15, 0.2) is 0 Å². The molecule has 2 unspecified atom stereocenters. The SMILES string of the molecule is CS(=O)CCN1CCC(CN)C1. The highest BCUT2D eigenvalue weighted by atomic mass is 32.2. The summed E-state index contributed by atoms with van der Waals surface area (Å²) < 4.78 is 10.8. The summed E-state index contributed by atoms with van der Waals surface area (Å²) in [5.41, 5.74) is 5.57. The van der Waals surface area contributed by atoms with E-state index in [4.69, 9.17) is 5.73 Å². The third-order valence-corrected chi connectivity index (χ3v) is 3.16. The minimum atomic E-state index is -0.648. The third kappa shape index (κ3) is 3.21. The molecule has 0 amide bonds. The van der Waals surface area contributed by atoms with Crippen LogP contribution < -0.4 is 5.73 Å². The van der Waals surface area contributed by atoms with Crippen molar-refractivity contribution in [1.82, 2.24) is 4.90 Å². The molecular weight excluding hydrogens is 172 g/mol. The summed E-state index contributed by atoms with van der Waals surface area (Å²) in [6.45, 7) is 4.01. The summed E-state index contributed by atoms with van der Waals surface area (Å²) in [7, 11) is -0.648. The number of nitrogens with two attached hydrogens (primary N) is 1. The quantitative estimate of drug-likeness (QED) is 0.659. The van der Waals surface area contributed by atoms with Crippen molar-refractivity contribution in [3.05, 3.63) is 0 Å². The van der Waals surface area contributed by atoms with Crippen molar-refractivity contribution in [1.29, 1.82) is 0 Å². The van der Waals surface area contributed by atoms with Crippen LogP contribution in [-0.4, -0.2) is 47.3 Å². The Morgan fingerprint density at radius 2 is 2.42 bits per heavy atom. The maximum Gasteiger partial charge on any atom is 0.0359 e. The van der Waals surface area contributed by atoms with Gasteiger partial charge in [0.1, 0.15) is 0 Å². The summed E-state index contributed by atoms with van der Waals surface area (Å²) in [5, 5.41) is 0. The zero-order valence-corrected chi connectivity index (χ0v) is 8.48. The third-order valence-electron chi connectivity index (χ3n) is 2.40. The van der Waals surface area contributed by atoms with E-state index in [1.807, 2.05) is 0 Å². The molecule has 72 valence electrons. The predicted octanol–water partition coefficient (Wildman–Crippen LogP) is -0.354. The molecule has 1 heterocycles. The monoisotopic (exact) mass is 190 g/mol. The van der Waals surface area contributed by atoms with Gasteiger partial charge >= 0.3 is 0 Å². The Morgan fingerprint density at radius 3 is 2.92 bits per heavy atom. The molecule has 4 heteroatoms. The van der Waals surface area contributed by atoms with E-state index in [-0.39, 0.29) is 0 Å². The van der Waals surface area contributed by atoms with E-state index >= 15 is 0 Å². The highest BCUT2D eigenvalue weighted by molar-refractivity contribution is 7.84. The first kappa shape index (κ1) is 10.2. The van der Waals surface area contributed by atoms with Gasteiger partial charge in [-0.05, 0) is 25.4 Å². The van der Waals surface area contributed by atoms with Crippen molar-refractivity contribution in [3.8, 4) is 0 Å². The van der Waals surface area contributed by atoms with Crippen molar-refractivity contribution < 1.29 is 4.21 Å². The standard InChI is InChI=1S/C8H18N2OS/c1-12(11)5-4-10-3-2-8(6-9)7-10/h8H,2-7,9H2,1H3. The molecule has 1 saturated heterocycles. The maximum atomic E-state index is 10.8. The van der Waals surface area contributed by atoms with Gasteiger partial charge in [0, 0.05) is 35.9 Å². The molecule has 2 N–H and O–H groups in total. The fourth-order valence-corrected chi connectivity index (χ4v) is 2.08. The van der Waals surface area contributed by atoms with E-state index in [0.29, 0.717) is 5.92 Å². The molecule has 2 atom stereocenters. The lowest BCUT2D eigenvalue weighted by atomic mass is 10.1. The Hall–Kier alpha value is 0.0700. The van der Waals surface area contributed by atoms with E-state index in [9.17, 15) is 4.21 Å². The van der Waals surface area contributed by atoms with Crippen LogP contribution in [0.4, 0.5) is 0 Å². The Labute approximate surface area is 76.8 Å². The average molecular weight is 190 g/mol. The Kier molecular flexibility index (Phi) is 4.18. The molecule has 0 radical (unpaired) electrons. The fourth-order valence-electron chi connectivity index (χ4n) is 1.57. The summed E-state index contributed by atoms with van der Waals surface area (Å²) in [6, 6.07) is 0. The lowest BCUT2D eigenvalue weighted by molar-refractivity contribution is 0.345. The second-order valence-corrected chi connectivity index (χ2v) is 5.02. The van der Waals surface area contributed by atoms with Crippen molar-refractivity contribution in [2.24, 2.45) is 11.7 Å². The summed E-state index contributed by atoms with van der Waals surface area (Å²) in [5.74, 6) is 1.48. The van der Waals surface area contributed by atoms with Crippen LogP contribution in [0.1, 0.15) is 6.42 Å². The normalized spacial score (nSPS) is 27.7. The molecule has 1 aliphatic rings. The number of nitrogens with zero attached hydrogens (tertiary/aromatic N) is 1. The lowest BCUT2D eigenvalue weighted by Crippen LogP contribution is -2.27. The Balaban J connectivity index is 2.15. The first-order valence-electron chi connectivity index (χ1n) is 4.45. The molecule has 1 fully saturated rings. The Morgan fingerprint density at radius 1 is 1.67 bits per heavy atom. The molecule has 0 saturated carbocycles. The van der Waals surface area contributed by atoms with Gasteiger partial charge in [-0.3, -0.25) is 4.21 Å². The van der Waals surface area contributed by atoms with Crippen LogP contribution in [0.15, 0.2) is 0 Å². The summed E-state index contributed by atoms with van der Waals surface area (Å²) in [6.07, 6.45) is 2.98. The van der Waals surface area contributed by atoms with Crippen molar-refractivity contribution >= 4 is 10.8 Å². The smallest absolute Gasteiger partial charge is 0.0359 e. The molecule has 12 heavy (non-hydrogen) atoms. The van der Waals surface area contributed by atoms with E-state index in [0.717, 1.165) is 31.9 Å². The van der Waals surface area contributed by atoms with Crippen molar-refractivity contribution in [2.75, 3.05) is 38.2 Å². The first-order chi connectivity index (χ1) is 5.72. The van der Waals surface area contributed by atoms with E-state index < -0.39 is 10.8 Å². The van der Waals surface area contributed by atoms with Gasteiger partial charge in [-0.2, -0.15) is 0 Å². The minimum Gasteiger partial charge on any atom is -0.330 e. The van der Waals surface area contributed by atoms with Crippen LogP contribution in [0.3, 0.4) is 0 Å². The summed E-state index contributed by atoms with van der Waals surface area (Å²) in [4.78, 5) is 2.36. The molecule has 0 aromatic rings. The highest BCUT2D eigenvalue weighted by Crippen LogP contribution is 2.13. The van der Waals surface area contributed by atoms with Crippen LogP contribution >= 0.6 is 0 Å². The van der Waals surface area contributed by atoms with Gasteiger partial charge in [-0.1, -0.05) is 0 Å². The summed E-state index contributed by atoms with van der Waals surface area (Å²) >= 11 is 0. The van der Waals surface area contributed by atoms with Gasteiger partial charge in [0.05, 0.1) is 0 Å². The number of rotatable bonds is 4. The topological polar surface area (TPSA) is 46.3 Å². The molecule has 0 aliphatic carbocycles. The molecule has 0 aromatic heterocycles. The zero-order chi connectivity index (χ0) is 8.97. The molecule has 3 nitrogen and oxygen atoms in total. The van der Waals surface area contributed by atoms with Crippen LogP contribution in [0.25, 0.3) is 0 Å².